The Kier molecular flexibility index (Phi) is 7.33. The first kappa shape index (κ1) is 24.2. The number of benzene rings is 3. The lowest BCUT2D eigenvalue weighted by Gasteiger charge is -2.16. The fraction of sp³-hybridized carbons (Fsp3) is 0.179. The average molecular weight is 530 g/mol. The number of rotatable bonds is 7. The van der Waals surface area contributed by atoms with E-state index in [4.69, 9.17) is 9.47 Å². The molecule has 7 heteroatoms. The number of hydrogen-bond acceptors (Lipinski definition) is 5. The van der Waals surface area contributed by atoms with E-state index < -0.39 is 5.91 Å². The van der Waals surface area contributed by atoms with Gasteiger partial charge in [0.1, 0.15) is 18.2 Å². The van der Waals surface area contributed by atoms with Crippen LogP contribution in [0.25, 0.3) is 16.8 Å². The van der Waals surface area contributed by atoms with Crippen molar-refractivity contribution in [1.82, 2.24) is 9.78 Å². The Morgan fingerprint density at radius 2 is 1.89 bits per heavy atom. The molecule has 0 saturated heterocycles. The molecule has 6 nitrogen and oxygen atoms in total. The van der Waals surface area contributed by atoms with Gasteiger partial charge in [-0.25, -0.2) is 4.68 Å². The van der Waals surface area contributed by atoms with Gasteiger partial charge in [-0.15, -0.1) is 0 Å². The highest BCUT2D eigenvalue weighted by Gasteiger charge is 2.18. The predicted octanol–water partition coefficient (Wildman–Crippen LogP) is 6.64. The minimum atomic E-state index is -0.483. The number of hydrogen-bond donors (Lipinski definition) is 0. The summed E-state index contributed by atoms with van der Waals surface area (Å²) in [7, 11) is 0. The smallest absolute Gasteiger partial charge is 0.289 e. The van der Waals surface area contributed by atoms with Crippen LogP contribution in [-0.4, -0.2) is 22.3 Å². The summed E-state index contributed by atoms with van der Waals surface area (Å²) in [6.07, 6.45) is 1.53. The molecule has 0 amide bonds. The summed E-state index contributed by atoms with van der Waals surface area (Å²) in [5, 5.41) is 16.1. The summed E-state index contributed by atoms with van der Waals surface area (Å²) >= 11 is 3.58. The van der Waals surface area contributed by atoms with Gasteiger partial charge in [0, 0.05) is 5.69 Å². The molecule has 0 saturated carbocycles. The number of nitrogens with zero attached hydrogens (tertiary/aromatic N) is 3. The molecule has 0 aliphatic rings. The summed E-state index contributed by atoms with van der Waals surface area (Å²) in [6, 6.07) is 21.6. The molecule has 0 unspecified atom stereocenters. The highest BCUT2D eigenvalue weighted by molar-refractivity contribution is 9.10. The second-order valence-corrected chi connectivity index (χ2v) is 8.86. The fourth-order valence-corrected chi connectivity index (χ4v) is 4.47. The molecule has 0 spiro atoms. The third kappa shape index (κ3) is 5.28. The molecule has 4 aromatic rings. The summed E-state index contributed by atoms with van der Waals surface area (Å²) in [4.78, 5) is 12.9. The van der Waals surface area contributed by atoms with Crippen molar-refractivity contribution in [2.75, 3.05) is 6.61 Å². The van der Waals surface area contributed by atoms with Crippen molar-refractivity contribution in [2.45, 2.75) is 27.4 Å². The Morgan fingerprint density at radius 1 is 1.11 bits per heavy atom. The normalized spacial score (nSPS) is 11.3. The topological polar surface area (TPSA) is 77.1 Å². The number of allylic oxidation sites excluding steroid dienone is 1. The molecule has 0 bridgehead atoms. The SMILES string of the molecule is CCOc1cc(/C=C(\C#N)C(=O)n2nc(C)cc2C)cc(Br)c1OCc1cccc2ccccc12. The monoisotopic (exact) mass is 529 g/mol. The molecular weight excluding hydrogens is 506 g/mol. The minimum absolute atomic E-state index is 0.0324. The third-order valence-electron chi connectivity index (χ3n) is 5.45. The van der Waals surface area contributed by atoms with Crippen LogP contribution in [0.1, 0.15) is 34.2 Å². The number of fused-ring (bicyclic) bond motifs is 1. The van der Waals surface area contributed by atoms with Crippen molar-refractivity contribution in [1.29, 1.82) is 5.26 Å². The van der Waals surface area contributed by atoms with E-state index >= 15 is 0 Å². The van der Waals surface area contributed by atoms with Crippen molar-refractivity contribution in [3.8, 4) is 17.6 Å². The highest BCUT2D eigenvalue weighted by Crippen LogP contribution is 2.38. The number of carbonyl (C=O) groups is 1. The largest absolute Gasteiger partial charge is 0.490 e. The van der Waals surface area contributed by atoms with Gasteiger partial charge in [0.25, 0.3) is 5.91 Å². The Morgan fingerprint density at radius 3 is 2.60 bits per heavy atom. The maximum atomic E-state index is 12.9. The van der Waals surface area contributed by atoms with Gasteiger partial charge in [-0.3, -0.25) is 4.79 Å². The van der Waals surface area contributed by atoms with Crippen LogP contribution in [0.2, 0.25) is 0 Å². The van der Waals surface area contributed by atoms with Gasteiger partial charge in [-0.2, -0.15) is 10.4 Å². The van der Waals surface area contributed by atoms with Gasteiger partial charge in [0.15, 0.2) is 11.5 Å². The first-order valence-corrected chi connectivity index (χ1v) is 12.0. The van der Waals surface area contributed by atoms with Crippen LogP contribution in [-0.2, 0) is 6.61 Å². The highest BCUT2D eigenvalue weighted by atomic mass is 79.9. The maximum absolute atomic E-state index is 12.9. The second kappa shape index (κ2) is 10.6. The molecule has 0 radical (unpaired) electrons. The summed E-state index contributed by atoms with van der Waals surface area (Å²) in [5.41, 5.74) is 3.03. The molecule has 0 aliphatic heterocycles. The Bertz CT molecular complexity index is 1480. The van der Waals surface area contributed by atoms with Crippen molar-refractivity contribution in [2.24, 2.45) is 0 Å². The number of carbonyl (C=O) groups excluding carboxylic acids is 1. The first-order chi connectivity index (χ1) is 16.9. The standard InChI is InChI=1S/C28H24BrN3O3/c1-4-34-26-15-20(13-23(16-30)28(33)32-19(3)12-18(2)31-32)14-25(29)27(26)35-17-22-10-7-9-21-8-5-6-11-24(21)22/h5-15H,4,17H2,1-3H3/b23-13+. The van der Waals surface area contributed by atoms with Crippen molar-refractivity contribution in [3.63, 3.8) is 0 Å². The summed E-state index contributed by atoms with van der Waals surface area (Å²) in [6.45, 7) is 6.25. The van der Waals surface area contributed by atoms with Gasteiger partial charge in [0.05, 0.1) is 16.8 Å². The Hall–Kier alpha value is -3.89. The lowest BCUT2D eigenvalue weighted by molar-refractivity contribution is 0.0943. The predicted molar refractivity (Wildman–Crippen MR) is 140 cm³/mol. The molecule has 176 valence electrons. The van der Waals surface area contributed by atoms with E-state index in [1.54, 1.807) is 32.0 Å². The quantitative estimate of drug-likeness (QED) is 0.198. The van der Waals surface area contributed by atoms with Crippen LogP contribution >= 0.6 is 15.9 Å². The van der Waals surface area contributed by atoms with E-state index in [9.17, 15) is 10.1 Å². The molecule has 0 aliphatic carbocycles. The van der Waals surface area contributed by atoms with Gasteiger partial charge >= 0.3 is 0 Å². The molecule has 0 N–H and O–H groups in total. The van der Waals surface area contributed by atoms with E-state index in [0.29, 0.717) is 46.1 Å². The Labute approximate surface area is 212 Å². The number of nitriles is 1. The molecule has 0 fully saturated rings. The maximum Gasteiger partial charge on any atom is 0.289 e. The van der Waals surface area contributed by atoms with Crippen molar-refractivity contribution < 1.29 is 14.3 Å². The van der Waals surface area contributed by atoms with Crippen LogP contribution in [0.3, 0.4) is 0 Å². The zero-order valence-corrected chi connectivity index (χ0v) is 21.3. The minimum Gasteiger partial charge on any atom is -0.490 e. The van der Waals surface area contributed by atoms with Crippen molar-refractivity contribution in [3.05, 3.63) is 93.2 Å². The van der Waals surface area contributed by atoms with Crippen LogP contribution in [0.15, 0.2) is 70.7 Å². The van der Waals surface area contributed by atoms with E-state index in [-0.39, 0.29) is 5.57 Å². The lowest BCUT2D eigenvalue weighted by Crippen LogP contribution is -2.15. The van der Waals surface area contributed by atoms with Crippen molar-refractivity contribution >= 4 is 38.7 Å². The first-order valence-electron chi connectivity index (χ1n) is 11.2. The molecule has 0 atom stereocenters. The van der Waals surface area contributed by atoms with E-state index in [1.807, 2.05) is 37.3 Å². The van der Waals surface area contributed by atoms with Crippen LogP contribution < -0.4 is 9.47 Å². The van der Waals surface area contributed by atoms with Crippen LogP contribution in [0, 0.1) is 25.2 Å². The number of aryl methyl sites for hydroxylation is 2. The van der Waals surface area contributed by atoms with Gasteiger partial charge in [-0.05, 0) is 82.9 Å². The van der Waals surface area contributed by atoms with Gasteiger partial charge < -0.3 is 9.47 Å². The molecular formula is C28H24BrN3O3. The van der Waals surface area contributed by atoms with Gasteiger partial charge in [-0.1, -0.05) is 42.5 Å². The number of halogens is 1. The van der Waals surface area contributed by atoms with E-state index in [2.05, 4.69) is 39.2 Å². The summed E-state index contributed by atoms with van der Waals surface area (Å²) < 4.78 is 13.9. The van der Waals surface area contributed by atoms with Crippen LogP contribution in [0.4, 0.5) is 0 Å². The molecule has 1 heterocycles. The molecule has 35 heavy (non-hydrogen) atoms. The number of aromatic nitrogens is 2. The lowest BCUT2D eigenvalue weighted by atomic mass is 10.1. The second-order valence-electron chi connectivity index (χ2n) is 8.00. The van der Waals surface area contributed by atoms with Crippen LogP contribution in [0.5, 0.6) is 11.5 Å². The zero-order chi connectivity index (χ0) is 24.9. The zero-order valence-electron chi connectivity index (χ0n) is 19.7. The number of ether oxygens (including phenoxy) is 2. The van der Waals surface area contributed by atoms with E-state index in [0.717, 1.165) is 16.3 Å². The molecule has 1 aromatic heterocycles. The molecule has 4 rings (SSSR count). The van der Waals surface area contributed by atoms with Gasteiger partial charge in [0.2, 0.25) is 0 Å². The van der Waals surface area contributed by atoms with E-state index in [1.165, 1.54) is 10.8 Å². The third-order valence-corrected chi connectivity index (χ3v) is 6.04. The molecule has 3 aromatic carbocycles. The average Bonchev–Trinajstić information content (AvgIpc) is 3.19. The Balaban J connectivity index is 1.65. The fourth-order valence-electron chi connectivity index (χ4n) is 3.90. The summed E-state index contributed by atoms with van der Waals surface area (Å²) in [5.74, 6) is 0.591.